The van der Waals surface area contributed by atoms with Crippen LogP contribution in [0.15, 0.2) is 18.2 Å². The summed E-state index contributed by atoms with van der Waals surface area (Å²) in [5.74, 6) is 0.115. The van der Waals surface area contributed by atoms with Gasteiger partial charge in [0.25, 0.3) is 0 Å². The number of carbonyl (C=O) groups excluding carboxylic acids is 1. The van der Waals surface area contributed by atoms with Crippen molar-refractivity contribution in [2.24, 2.45) is 5.92 Å². The standard InChI is InChI=1S/C16H25NO2/c1-5-13(10-18)16(19)17-9-15-8-14(11(2)3)7-6-12(15)4/h6-8,11,13,18H,5,9-10H2,1-4H3,(H,17,19). The summed E-state index contributed by atoms with van der Waals surface area (Å²) in [6, 6.07) is 6.38. The van der Waals surface area contributed by atoms with E-state index < -0.39 is 0 Å². The SMILES string of the molecule is CCC(CO)C(=O)NCc1cc(C(C)C)ccc1C. The summed E-state index contributed by atoms with van der Waals surface area (Å²) >= 11 is 0. The maximum atomic E-state index is 11.8. The number of benzene rings is 1. The zero-order valence-electron chi connectivity index (χ0n) is 12.4. The Bertz CT molecular complexity index is 423. The molecular weight excluding hydrogens is 238 g/mol. The smallest absolute Gasteiger partial charge is 0.225 e. The number of aliphatic hydroxyl groups excluding tert-OH is 1. The molecule has 106 valence electrons. The number of carbonyl (C=O) groups is 1. The molecule has 1 unspecified atom stereocenters. The molecule has 1 atom stereocenters. The fourth-order valence-corrected chi connectivity index (χ4v) is 1.97. The molecule has 0 fully saturated rings. The average molecular weight is 263 g/mol. The van der Waals surface area contributed by atoms with Crippen LogP contribution in [-0.2, 0) is 11.3 Å². The highest BCUT2D eigenvalue weighted by molar-refractivity contribution is 5.78. The van der Waals surface area contributed by atoms with Crippen molar-refractivity contribution in [1.29, 1.82) is 0 Å². The molecule has 19 heavy (non-hydrogen) atoms. The highest BCUT2D eigenvalue weighted by Gasteiger charge is 2.15. The van der Waals surface area contributed by atoms with Gasteiger partial charge in [0.2, 0.25) is 5.91 Å². The third kappa shape index (κ3) is 4.35. The van der Waals surface area contributed by atoms with Crippen molar-refractivity contribution in [3.63, 3.8) is 0 Å². The van der Waals surface area contributed by atoms with E-state index in [9.17, 15) is 4.79 Å². The lowest BCUT2D eigenvalue weighted by atomic mass is 9.97. The van der Waals surface area contributed by atoms with Gasteiger partial charge in [0.15, 0.2) is 0 Å². The third-order valence-corrected chi connectivity index (χ3v) is 3.58. The Balaban J connectivity index is 2.72. The minimum absolute atomic E-state index is 0.0700. The molecule has 0 aliphatic rings. The second-order valence-electron chi connectivity index (χ2n) is 5.35. The fraction of sp³-hybridized carbons (Fsp3) is 0.562. The highest BCUT2D eigenvalue weighted by atomic mass is 16.3. The van der Waals surface area contributed by atoms with E-state index in [4.69, 9.17) is 5.11 Å². The molecule has 0 aliphatic heterocycles. The first-order chi connectivity index (χ1) is 8.99. The first-order valence-corrected chi connectivity index (χ1v) is 6.97. The van der Waals surface area contributed by atoms with Crippen LogP contribution in [0, 0.1) is 12.8 Å². The number of nitrogens with one attached hydrogen (secondary N) is 1. The van der Waals surface area contributed by atoms with Gasteiger partial charge in [0.05, 0.1) is 12.5 Å². The van der Waals surface area contributed by atoms with Gasteiger partial charge in [-0.25, -0.2) is 0 Å². The summed E-state index contributed by atoms with van der Waals surface area (Å²) in [7, 11) is 0. The Hall–Kier alpha value is -1.35. The molecule has 0 saturated carbocycles. The molecule has 3 nitrogen and oxygen atoms in total. The highest BCUT2D eigenvalue weighted by Crippen LogP contribution is 2.18. The molecule has 0 saturated heterocycles. The Morgan fingerprint density at radius 1 is 1.37 bits per heavy atom. The van der Waals surface area contributed by atoms with E-state index in [1.807, 2.05) is 6.92 Å². The van der Waals surface area contributed by atoms with Crippen LogP contribution in [-0.4, -0.2) is 17.6 Å². The predicted octanol–water partition coefficient (Wildman–Crippen LogP) is 2.75. The number of hydrogen-bond donors (Lipinski definition) is 2. The summed E-state index contributed by atoms with van der Waals surface area (Å²) < 4.78 is 0. The summed E-state index contributed by atoms with van der Waals surface area (Å²) in [6.07, 6.45) is 0.660. The molecule has 1 aromatic carbocycles. The number of rotatable bonds is 6. The lowest BCUT2D eigenvalue weighted by molar-refractivity contribution is -0.126. The minimum atomic E-state index is -0.298. The van der Waals surface area contributed by atoms with Crippen LogP contribution >= 0.6 is 0 Å². The molecule has 3 heteroatoms. The van der Waals surface area contributed by atoms with Crippen molar-refractivity contribution in [2.45, 2.75) is 46.6 Å². The fourth-order valence-electron chi connectivity index (χ4n) is 1.97. The molecule has 2 N–H and O–H groups in total. The predicted molar refractivity (Wildman–Crippen MR) is 78.0 cm³/mol. The maximum Gasteiger partial charge on any atom is 0.225 e. The van der Waals surface area contributed by atoms with Gasteiger partial charge < -0.3 is 10.4 Å². The maximum absolute atomic E-state index is 11.8. The van der Waals surface area contributed by atoms with Gasteiger partial charge >= 0.3 is 0 Å². The second kappa shape index (κ2) is 7.29. The Labute approximate surface area is 116 Å². The lowest BCUT2D eigenvalue weighted by Crippen LogP contribution is -2.32. The number of amides is 1. The summed E-state index contributed by atoms with van der Waals surface area (Å²) in [5, 5.41) is 12.0. The van der Waals surface area contributed by atoms with Crippen LogP contribution in [0.25, 0.3) is 0 Å². The van der Waals surface area contributed by atoms with Crippen molar-refractivity contribution >= 4 is 5.91 Å². The van der Waals surface area contributed by atoms with Crippen molar-refractivity contribution in [2.75, 3.05) is 6.61 Å². The largest absolute Gasteiger partial charge is 0.396 e. The molecule has 1 aromatic rings. The van der Waals surface area contributed by atoms with Crippen LogP contribution in [0.5, 0.6) is 0 Å². The normalized spacial score (nSPS) is 12.5. The van der Waals surface area contributed by atoms with Gasteiger partial charge in [-0.1, -0.05) is 39.0 Å². The van der Waals surface area contributed by atoms with Crippen LogP contribution < -0.4 is 5.32 Å². The van der Waals surface area contributed by atoms with Crippen LogP contribution in [0.4, 0.5) is 0 Å². The summed E-state index contributed by atoms with van der Waals surface area (Å²) in [6.45, 7) is 8.72. The Morgan fingerprint density at radius 2 is 2.05 bits per heavy atom. The van der Waals surface area contributed by atoms with E-state index in [1.54, 1.807) is 0 Å². The van der Waals surface area contributed by atoms with E-state index in [1.165, 1.54) is 11.1 Å². The van der Waals surface area contributed by atoms with Gasteiger partial charge in [-0.3, -0.25) is 4.79 Å². The molecule has 1 rings (SSSR count). The van der Waals surface area contributed by atoms with Crippen LogP contribution in [0.3, 0.4) is 0 Å². The average Bonchev–Trinajstić information content (AvgIpc) is 2.38. The molecule has 1 amide bonds. The molecule has 0 radical (unpaired) electrons. The van der Waals surface area contributed by atoms with Crippen molar-refractivity contribution in [3.8, 4) is 0 Å². The monoisotopic (exact) mass is 263 g/mol. The van der Waals surface area contributed by atoms with Crippen molar-refractivity contribution in [1.82, 2.24) is 5.32 Å². The Morgan fingerprint density at radius 3 is 2.58 bits per heavy atom. The van der Waals surface area contributed by atoms with Gasteiger partial charge in [-0.15, -0.1) is 0 Å². The minimum Gasteiger partial charge on any atom is -0.396 e. The van der Waals surface area contributed by atoms with Gasteiger partial charge in [-0.05, 0) is 36.0 Å². The van der Waals surface area contributed by atoms with Crippen molar-refractivity contribution < 1.29 is 9.90 Å². The second-order valence-corrected chi connectivity index (χ2v) is 5.35. The van der Waals surface area contributed by atoms with E-state index in [-0.39, 0.29) is 18.4 Å². The number of aryl methyl sites for hydroxylation is 1. The summed E-state index contributed by atoms with van der Waals surface area (Å²) in [5.41, 5.74) is 3.61. The van der Waals surface area contributed by atoms with E-state index in [2.05, 4.69) is 44.3 Å². The quantitative estimate of drug-likeness (QED) is 0.829. The van der Waals surface area contributed by atoms with Gasteiger partial charge in [-0.2, -0.15) is 0 Å². The van der Waals surface area contributed by atoms with Crippen LogP contribution in [0.2, 0.25) is 0 Å². The lowest BCUT2D eigenvalue weighted by Gasteiger charge is -2.15. The first kappa shape index (κ1) is 15.7. The zero-order valence-corrected chi connectivity index (χ0v) is 12.4. The molecular formula is C16H25NO2. The van der Waals surface area contributed by atoms with E-state index in [0.717, 1.165) is 5.56 Å². The van der Waals surface area contributed by atoms with Crippen molar-refractivity contribution in [3.05, 3.63) is 34.9 Å². The van der Waals surface area contributed by atoms with Crippen LogP contribution in [0.1, 0.15) is 49.8 Å². The summed E-state index contributed by atoms with van der Waals surface area (Å²) in [4.78, 5) is 11.8. The van der Waals surface area contributed by atoms with E-state index >= 15 is 0 Å². The zero-order chi connectivity index (χ0) is 14.4. The number of aliphatic hydroxyl groups is 1. The van der Waals surface area contributed by atoms with Gasteiger partial charge in [0, 0.05) is 6.54 Å². The number of hydrogen-bond acceptors (Lipinski definition) is 2. The molecule has 0 aromatic heterocycles. The molecule has 0 bridgehead atoms. The third-order valence-electron chi connectivity index (χ3n) is 3.58. The van der Waals surface area contributed by atoms with Gasteiger partial charge in [0.1, 0.15) is 0 Å². The van der Waals surface area contributed by atoms with E-state index in [0.29, 0.717) is 18.9 Å². The molecule has 0 spiro atoms. The molecule has 0 aliphatic carbocycles. The topological polar surface area (TPSA) is 49.3 Å². The first-order valence-electron chi connectivity index (χ1n) is 6.97. The Kier molecular flexibility index (Phi) is 6.03. The molecule has 0 heterocycles.